The number of ether oxygens (including phenoxy) is 2. The van der Waals surface area contributed by atoms with Crippen molar-refractivity contribution in [3.8, 4) is 5.75 Å². The number of carbonyl (C=O) groups is 1. The maximum Gasteiger partial charge on any atom is 0.250 e. The Kier molecular flexibility index (Phi) is 11.8. The molecule has 0 spiro atoms. The van der Waals surface area contributed by atoms with Gasteiger partial charge in [-0.2, -0.15) is 0 Å². The second kappa shape index (κ2) is 12.3. The van der Waals surface area contributed by atoms with Crippen LogP contribution >= 0.6 is 24.8 Å². The number of hydrogen-bond donors (Lipinski definition) is 2. The average Bonchev–Trinajstić information content (AvgIpc) is 2.54. The van der Waals surface area contributed by atoms with Gasteiger partial charge in [0.1, 0.15) is 18.5 Å². The van der Waals surface area contributed by atoms with Gasteiger partial charge in [-0.05, 0) is 31.8 Å². The van der Waals surface area contributed by atoms with Crippen molar-refractivity contribution in [3.63, 3.8) is 0 Å². The third-order valence-electron chi connectivity index (χ3n) is 3.42. The molecular formula is C16H27Cl2N3O3. The Hall–Kier alpha value is -1.05. The van der Waals surface area contributed by atoms with Crippen molar-refractivity contribution in [2.75, 3.05) is 46.9 Å². The molecule has 1 aliphatic heterocycles. The smallest absolute Gasteiger partial charge is 0.250 e. The molecule has 1 amide bonds. The van der Waals surface area contributed by atoms with E-state index in [1.807, 2.05) is 38.4 Å². The highest BCUT2D eigenvalue weighted by Crippen LogP contribution is 2.12. The van der Waals surface area contributed by atoms with Gasteiger partial charge in [0.2, 0.25) is 0 Å². The first-order valence-corrected chi connectivity index (χ1v) is 7.61. The summed E-state index contributed by atoms with van der Waals surface area (Å²) in [6.45, 7) is 4.00. The molecule has 1 saturated heterocycles. The van der Waals surface area contributed by atoms with E-state index in [1.165, 1.54) is 0 Å². The first-order valence-electron chi connectivity index (χ1n) is 7.61. The molecule has 0 aliphatic carbocycles. The Bertz CT molecular complexity index is 466. The predicted molar refractivity (Wildman–Crippen MR) is 99.4 cm³/mol. The van der Waals surface area contributed by atoms with Crippen molar-refractivity contribution in [2.45, 2.75) is 12.6 Å². The molecule has 2 rings (SSSR count). The monoisotopic (exact) mass is 379 g/mol. The highest BCUT2D eigenvalue weighted by molar-refractivity contribution is 5.85. The van der Waals surface area contributed by atoms with Gasteiger partial charge >= 0.3 is 0 Å². The van der Waals surface area contributed by atoms with Gasteiger partial charge in [-0.25, -0.2) is 0 Å². The van der Waals surface area contributed by atoms with Gasteiger partial charge in [0.25, 0.3) is 5.91 Å². The van der Waals surface area contributed by atoms with Crippen LogP contribution in [0.1, 0.15) is 5.56 Å². The second-order valence-electron chi connectivity index (χ2n) is 5.58. The zero-order chi connectivity index (χ0) is 15.8. The van der Waals surface area contributed by atoms with E-state index in [-0.39, 0.29) is 36.8 Å². The minimum atomic E-state index is -0.387. The molecule has 1 aromatic carbocycles. The zero-order valence-electron chi connectivity index (χ0n) is 14.1. The van der Waals surface area contributed by atoms with Gasteiger partial charge in [0.15, 0.2) is 0 Å². The summed E-state index contributed by atoms with van der Waals surface area (Å²) in [6.07, 6.45) is -0.387. The van der Waals surface area contributed by atoms with E-state index < -0.39 is 0 Å². The van der Waals surface area contributed by atoms with E-state index in [0.717, 1.165) is 24.4 Å². The maximum atomic E-state index is 11.9. The molecule has 1 fully saturated rings. The molecule has 1 aliphatic rings. The molecule has 0 radical (unpaired) electrons. The van der Waals surface area contributed by atoms with Crippen LogP contribution in [0.25, 0.3) is 0 Å². The molecule has 8 heteroatoms. The van der Waals surface area contributed by atoms with Crippen molar-refractivity contribution < 1.29 is 14.3 Å². The van der Waals surface area contributed by atoms with Crippen molar-refractivity contribution in [2.24, 2.45) is 0 Å². The number of likely N-dealkylation sites (N-methyl/N-ethyl adjacent to an activating group) is 1. The molecule has 0 saturated carbocycles. The number of halogens is 2. The Morgan fingerprint density at radius 3 is 2.62 bits per heavy atom. The van der Waals surface area contributed by atoms with Crippen LogP contribution in [0.5, 0.6) is 5.75 Å². The van der Waals surface area contributed by atoms with Crippen LogP contribution < -0.4 is 15.4 Å². The minimum Gasteiger partial charge on any atom is -0.492 e. The molecule has 1 unspecified atom stereocenters. The Balaban J connectivity index is 0.00000264. The van der Waals surface area contributed by atoms with Crippen LogP contribution in [0, 0.1) is 0 Å². The fourth-order valence-corrected chi connectivity index (χ4v) is 2.09. The Morgan fingerprint density at radius 1 is 1.33 bits per heavy atom. The van der Waals surface area contributed by atoms with E-state index >= 15 is 0 Å². The Labute approximate surface area is 156 Å². The van der Waals surface area contributed by atoms with E-state index in [4.69, 9.17) is 9.47 Å². The highest BCUT2D eigenvalue weighted by Gasteiger charge is 2.21. The summed E-state index contributed by atoms with van der Waals surface area (Å²) >= 11 is 0. The number of nitrogens with zero attached hydrogens (tertiary/aromatic N) is 1. The van der Waals surface area contributed by atoms with Gasteiger partial charge in [0.05, 0.1) is 6.61 Å². The topological polar surface area (TPSA) is 62.8 Å². The van der Waals surface area contributed by atoms with Gasteiger partial charge in [-0.15, -0.1) is 24.8 Å². The molecule has 1 atom stereocenters. The number of carbonyl (C=O) groups excluding carboxylic acids is 1. The molecule has 24 heavy (non-hydrogen) atoms. The van der Waals surface area contributed by atoms with Crippen molar-refractivity contribution in [1.82, 2.24) is 15.5 Å². The number of rotatable bonds is 7. The minimum absolute atomic E-state index is 0. The lowest BCUT2D eigenvalue weighted by Crippen LogP contribution is -2.47. The van der Waals surface area contributed by atoms with Gasteiger partial charge in [-0.1, -0.05) is 12.1 Å². The fraction of sp³-hybridized carbons (Fsp3) is 0.562. The van der Waals surface area contributed by atoms with Gasteiger partial charge in [0, 0.05) is 26.2 Å². The van der Waals surface area contributed by atoms with Crippen LogP contribution in [-0.4, -0.2) is 63.9 Å². The molecular weight excluding hydrogens is 353 g/mol. The van der Waals surface area contributed by atoms with Crippen LogP contribution in [0.3, 0.4) is 0 Å². The van der Waals surface area contributed by atoms with Crippen LogP contribution in [0.15, 0.2) is 24.3 Å². The van der Waals surface area contributed by atoms with Crippen molar-refractivity contribution in [3.05, 3.63) is 29.8 Å². The van der Waals surface area contributed by atoms with E-state index in [1.54, 1.807) is 0 Å². The second-order valence-corrected chi connectivity index (χ2v) is 5.58. The van der Waals surface area contributed by atoms with Crippen molar-refractivity contribution in [1.29, 1.82) is 0 Å². The maximum absolute atomic E-state index is 11.9. The summed E-state index contributed by atoms with van der Waals surface area (Å²) < 4.78 is 11.0. The molecule has 6 nitrogen and oxygen atoms in total. The number of morpholine rings is 1. The molecule has 1 aromatic rings. The quantitative estimate of drug-likeness (QED) is 0.741. The standard InChI is InChI=1S/C16H25N3O3.2ClH/c1-19(2)8-10-21-14-5-3-13(4-6-14)11-18-16(20)15-12-17-7-9-22-15;;/h3-6,15,17H,7-12H2,1-2H3,(H,18,20);2*1H. The highest BCUT2D eigenvalue weighted by atomic mass is 35.5. The summed E-state index contributed by atoms with van der Waals surface area (Å²) in [6, 6.07) is 7.78. The average molecular weight is 380 g/mol. The SMILES string of the molecule is CN(C)CCOc1ccc(CNC(=O)C2CNCCO2)cc1.Cl.Cl. The molecule has 138 valence electrons. The lowest BCUT2D eigenvalue weighted by atomic mass is 10.2. The Morgan fingerprint density at radius 2 is 2.04 bits per heavy atom. The van der Waals surface area contributed by atoms with E-state index in [0.29, 0.717) is 26.3 Å². The van der Waals surface area contributed by atoms with Crippen LogP contribution in [0.4, 0.5) is 0 Å². The lowest BCUT2D eigenvalue weighted by molar-refractivity contribution is -0.134. The summed E-state index contributed by atoms with van der Waals surface area (Å²) in [4.78, 5) is 14.0. The third kappa shape index (κ3) is 8.17. The predicted octanol–water partition coefficient (Wildman–Crippen LogP) is 1.08. The first kappa shape index (κ1) is 22.9. The lowest BCUT2D eigenvalue weighted by Gasteiger charge is -2.22. The number of benzene rings is 1. The first-order chi connectivity index (χ1) is 10.6. The molecule has 0 aromatic heterocycles. The number of nitrogens with one attached hydrogen (secondary N) is 2. The van der Waals surface area contributed by atoms with Crippen molar-refractivity contribution >= 4 is 30.7 Å². The number of amides is 1. The summed E-state index contributed by atoms with van der Waals surface area (Å²) in [5.74, 6) is 0.773. The molecule has 2 N–H and O–H groups in total. The number of hydrogen-bond acceptors (Lipinski definition) is 5. The van der Waals surface area contributed by atoms with Crippen LogP contribution in [0.2, 0.25) is 0 Å². The summed E-state index contributed by atoms with van der Waals surface area (Å²) in [5, 5.41) is 6.04. The van der Waals surface area contributed by atoms with Crippen LogP contribution in [-0.2, 0) is 16.1 Å². The third-order valence-corrected chi connectivity index (χ3v) is 3.42. The summed E-state index contributed by atoms with van der Waals surface area (Å²) in [7, 11) is 4.03. The molecule has 1 heterocycles. The normalized spacial score (nSPS) is 16.7. The van der Waals surface area contributed by atoms with E-state index in [2.05, 4.69) is 15.5 Å². The van der Waals surface area contributed by atoms with Gasteiger partial charge in [-0.3, -0.25) is 4.79 Å². The largest absolute Gasteiger partial charge is 0.492 e. The summed E-state index contributed by atoms with van der Waals surface area (Å²) in [5.41, 5.74) is 1.04. The van der Waals surface area contributed by atoms with Gasteiger partial charge < -0.3 is 25.0 Å². The zero-order valence-corrected chi connectivity index (χ0v) is 15.8. The fourth-order valence-electron chi connectivity index (χ4n) is 2.09. The van der Waals surface area contributed by atoms with E-state index in [9.17, 15) is 4.79 Å². The molecule has 0 bridgehead atoms.